The van der Waals surface area contributed by atoms with Crippen LogP contribution < -0.4 is 15.8 Å². The number of pyridine rings is 1. The van der Waals surface area contributed by atoms with Crippen molar-refractivity contribution in [2.75, 3.05) is 19.4 Å². The standard InChI is InChI=1S/C13H13N5O.C8H7BrO/c1-15-13(19)7-3-4-10-8(5-7)11-9(12(14)17-10)6-16-18(11)2;9-7-2-1-6-3-4-10-8(6)5-7/h3-6H,1-2H3,(H2,14,17)(H,15,19);1-2,5H,3-4H2. The third kappa shape index (κ3) is 3.63. The summed E-state index contributed by atoms with van der Waals surface area (Å²) in [5.74, 6) is 1.35. The topological polar surface area (TPSA) is 95.1 Å². The maximum absolute atomic E-state index is 11.7. The number of nitrogen functional groups attached to an aromatic ring is 1. The van der Waals surface area contributed by atoms with E-state index in [4.69, 9.17) is 10.5 Å². The van der Waals surface area contributed by atoms with Crippen molar-refractivity contribution >= 4 is 49.5 Å². The molecule has 0 fully saturated rings. The number of benzene rings is 2. The predicted octanol–water partition coefficient (Wildman–Crippen LogP) is 3.45. The van der Waals surface area contributed by atoms with E-state index >= 15 is 0 Å². The van der Waals surface area contributed by atoms with Crippen molar-refractivity contribution in [1.82, 2.24) is 20.1 Å². The fourth-order valence-electron chi connectivity index (χ4n) is 3.38. The van der Waals surface area contributed by atoms with Gasteiger partial charge < -0.3 is 15.8 Å². The number of hydrogen-bond donors (Lipinski definition) is 2. The number of nitrogens with zero attached hydrogens (tertiary/aromatic N) is 3. The minimum absolute atomic E-state index is 0.131. The van der Waals surface area contributed by atoms with Gasteiger partial charge in [0, 0.05) is 35.9 Å². The maximum atomic E-state index is 11.7. The van der Waals surface area contributed by atoms with Crippen LogP contribution in [0, 0.1) is 0 Å². The number of ether oxygens (including phenoxy) is 1. The molecule has 2 aromatic carbocycles. The lowest BCUT2D eigenvalue weighted by atomic mass is 10.1. The molecule has 8 heteroatoms. The van der Waals surface area contributed by atoms with Gasteiger partial charge in [0.25, 0.3) is 5.91 Å². The van der Waals surface area contributed by atoms with E-state index in [-0.39, 0.29) is 5.91 Å². The molecule has 4 aromatic rings. The van der Waals surface area contributed by atoms with Gasteiger partial charge in [-0.25, -0.2) is 4.98 Å². The zero-order chi connectivity index (χ0) is 20.5. The summed E-state index contributed by atoms with van der Waals surface area (Å²) in [4.78, 5) is 16.0. The summed E-state index contributed by atoms with van der Waals surface area (Å²) in [6.07, 6.45) is 2.74. The van der Waals surface area contributed by atoms with Crippen LogP contribution in [0.2, 0.25) is 0 Å². The first kappa shape index (κ1) is 19.2. The smallest absolute Gasteiger partial charge is 0.251 e. The number of hydrogen-bond acceptors (Lipinski definition) is 5. The summed E-state index contributed by atoms with van der Waals surface area (Å²) in [5.41, 5.74) is 9.46. The molecule has 0 saturated heterocycles. The Morgan fingerprint density at radius 2 is 2.07 bits per heavy atom. The van der Waals surface area contributed by atoms with Crippen LogP contribution in [0.15, 0.2) is 47.1 Å². The quantitative estimate of drug-likeness (QED) is 0.460. The number of fused-ring (bicyclic) bond motifs is 4. The Morgan fingerprint density at radius 1 is 1.24 bits per heavy atom. The molecule has 5 rings (SSSR count). The van der Waals surface area contributed by atoms with Crippen molar-refractivity contribution in [2.24, 2.45) is 7.05 Å². The first-order chi connectivity index (χ1) is 14.0. The Hall–Kier alpha value is -3.13. The summed E-state index contributed by atoms with van der Waals surface area (Å²) < 4.78 is 8.18. The van der Waals surface area contributed by atoms with Gasteiger partial charge >= 0.3 is 0 Å². The average Bonchev–Trinajstić information content (AvgIpc) is 3.34. The van der Waals surface area contributed by atoms with Gasteiger partial charge in [-0.3, -0.25) is 9.48 Å². The van der Waals surface area contributed by atoms with Crippen LogP contribution in [0.5, 0.6) is 5.75 Å². The van der Waals surface area contributed by atoms with Crippen LogP contribution in [-0.2, 0) is 13.5 Å². The van der Waals surface area contributed by atoms with E-state index < -0.39 is 0 Å². The summed E-state index contributed by atoms with van der Waals surface area (Å²) in [6.45, 7) is 0.839. The number of carbonyl (C=O) groups excluding carboxylic acids is 1. The molecule has 0 unspecified atom stereocenters. The average molecular weight is 454 g/mol. The van der Waals surface area contributed by atoms with Gasteiger partial charge in [-0.1, -0.05) is 22.0 Å². The molecule has 0 radical (unpaired) electrons. The highest BCUT2D eigenvalue weighted by molar-refractivity contribution is 9.10. The van der Waals surface area contributed by atoms with E-state index in [1.165, 1.54) is 5.56 Å². The molecule has 1 aliphatic heterocycles. The third-order valence-electron chi connectivity index (χ3n) is 4.85. The Kier molecular flexibility index (Phi) is 5.10. The van der Waals surface area contributed by atoms with Crippen LogP contribution in [-0.4, -0.2) is 34.3 Å². The van der Waals surface area contributed by atoms with Crippen molar-refractivity contribution in [3.8, 4) is 5.75 Å². The van der Waals surface area contributed by atoms with Crippen molar-refractivity contribution < 1.29 is 9.53 Å². The number of rotatable bonds is 1. The number of aromatic nitrogens is 3. The van der Waals surface area contributed by atoms with E-state index in [0.29, 0.717) is 11.4 Å². The summed E-state index contributed by atoms with van der Waals surface area (Å²) >= 11 is 3.38. The monoisotopic (exact) mass is 453 g/mol. The number of anilines is 1. The van der Waals surface area contributed by atoms with Gasteiger partial charge in [0.1, 0.15) is 11.6 Å². The normalized spacial score (nSPS) is 12.2. The molecule has 0 saturated carbocycles. The highest BCUT2D eigenvalue weighted by atomic mass is 79.9. The lowest BCUT2D eigenvalue weighted by molar-refractivity contribution is 0.0963. The fraction of sp³-hybridized carbons (Fsp3) is 0.190. The fourth-order valence-corrected chi connectivity index (χ4v) is 3.72. The van der Waals surface area contributed by atoms with Gasteiger partial charge in [0.2, 0.25) is 0 Å². The number of nitrogens with two attached hydrogens (primary N) is 1. The summed E-state index contributed by atoms with van der Waals surface area (Å²) in [5, 5.41) is 8.47. The Bertz CT molecular complexity index is 1230. The van der Waals surface area contributed by atoms with Gasteiger partial charge in [-0.15, -0.1) is 0 Å². The first-order valence-corrected chi connectivity index (χ1v) is 9.91. The Labute approximate surface area is 176 Å². The molecular formula is C21H20BrN5O2. The minimum atomic E-state index is -0.131. The van der Waals surface area contributed by atoms with Crippen LogP contribution in [0.4, 0.5) is 5.82 Å². The lowest BCUT2D eigenvalue weighted by Crippen LogP contribution is -2.17. The molecule has 0 bridgehead atoms. The summed E-state index contributed by atoms with van der Waals surface area (Å²) in [6, 6.07) is 11.5. The minimum Gasteiger partial charge on any atom is -0.493 e. The van der Waals surface area contributed by atoms with Gasteiger partial charge in [0.05, 0.1) is 29.2 Å². The van der Waals surface area contributed by atoms with Crippen molar-refractivity contribution in [3.05, 3.63) is 58.2 Å². The molecule has 148 valence electrons. The second-order valence-corrected chi connectivity index (χ2v) is 7.60. The Morgan fingerprint density at radius 3 is 2.86 bits per heavy atom. The molecule has 7 nitrogen and oxygen atoms in total. The molecule has 29 heavy (non-hydrogen) atoms. The molecule has 3 N–H and O–H groups in total. The second-order valence-electron chi connectivity index (χ2n) is 6.69. The van der Waals surface area contributed by atoms with E-state index in [9.17, 15) is 4.79 Å². The maximum Gasteiger partial charge on any atom is 0.251 e. The van der Waals surface area contributed by atoms with E-state index in [2.05, 4.69) is 37.4 Å². The highest BCUT2D eigenvalue weighted by Crippen LogP contribution is 2.29. The number of carbonyl (C=O) groups is 1. The van der Waals surface area contributed by atoms with Crippen molar-refractivity contribution in [1.29, 1.82) is 0 Å². The summed E-state index contributed by atoms with van der Waals surface area (Å²) in [7, 11) is 3.45. The van der Waals surface area contributed by atoms with Crippen LogP contribution in [0.25, 0.3) is 21.8 Å². The third-order valence-corrected chi connectivity index (χ3v) is 5.35. The highest BCUT2D eigenvalue weighted by Gasteiger charge is 2.13. The number of halogens is 1. The first-order valence-electron chi connectivity index (χ1n) is 9.12. The molecule has 2 aromatic heterocycles. The van der Waals surface area contributed by atoms with E-state index in [1.807, 2.05) is 25.2 Å². The number of amides is 1. The zero-order valence-corrected chi connectivity index (χ0v) is 17.7. The molecule has 1 amide bonds. The molecule has 0 atom stereocenters. The van der Waals surface area contributed by atoms with Gasteiger partial charge in [-0.05, 0) is 35.9 Å². The molecule has 3 heterocycles. The predicted molar refractivity (Wildman–Crippen MR) is 117 cm³/mol. The van der Waals surface area contributed by atoms with Gasteiger partial charge in [-0.2, -0.15) is 5.10 Å². The molecule has 0 aliphatic carbocycles. The van der Waals surface area contributed by atoms with Gasteiger partial charge in [0.15, 0.2) is 0 Å². The molecular weight excluding hydrogens is 434 g/mol. The van der Waals surface area contributed by atoms with Crippen LogP contribution in [0.1, 0.15) is 15.9 Å². The SMILES string of the molecule is Brc1ccc2c(c1)OCC2.CNC(=O)c1ccc2nc(N)c3cnn(C)c3c2c1. The lowest BCUT2D eigenvalue weighted by Gasteiger charge is -2.06. The number of aryl methyl sites for hydroxylation is 1. The molecule has 0 spiro atoms. The molecule has 1 aliphatic rings. The Balaban J connectivity index is 0.000000171. The zero-order valence-electron chi connectivity index (χ0n) is 16.1. The van der Waals surface area contributed by atoms with Crippen molar-refractivity contribution in [3.63, 3.8) is 0 Å². The van der Waals surface area contributed by atoms with Crippen LogP contribution in [0.3, 0.4) is 0 Å². The van der Waals surface area contributed by atoms with E-state index in [0.717, 1.165) is 45.1 Å². The largest absolute Gasteiger partial charge is 0.493 e. The van der Waals surface area contributed by atoms with Crippen LogP contribution >= 0.6 is 15.9 Å². The second kappa shape index (κ2) is 7.71. The number of nitrogens with one attached hydrogen (secondary N) is 1. The van der Waals surface area contributed by atoms with E-state index in [1.54, 1.807) is 30.1 Å². The van der Waals surface area contributed by atoms with Crippen molar-refractivity contribution in [2.45, 2.75) is 6.42 Å².